The molecule has 0 N–H and O–H groups in total. The van der Waals surface area contributed by atoms with Crippen LogP contribution in [0.3, 0.4) is 0 Å². The van der Waals surface area contributed by atoms with Gasteiger partial charge in [-0.3, -0.25) is 14.7 Å². The summed E-state index contributed by atoms with van der Waals surface area (Å²) in [6.45, 7) is 7.52. The van der Waals surface area contributed by atoms with E-state index in [1.165, 1.54) is 0 Å². The third-order valence-corrected chi connectivity index (χ3v) is 5.36. The molecule has 0 saturated carbocycles. The Balaban J connectivity index is 1.66. The lowest BCUT2D eigenvalue weighted by Crippen LogP contribution is -2.50. The fourth-order valence-corrected chi connectivity index (χ4v) is 3.60. The van der Waals surface area contributed by atoms with Crippen molar-refractivity contribution in [1.29, 1.82) is 0 Å². The third kappa shape index (κ3) is 4.04. The molecule has 4 rings (SSSR count). The van der Waals surface area contributed by atoms with Gasteiger partial charge in [-0.1, -0.05) is 6.07 Å². The van der Waals surface area contributed by atoms with Crippen LogP contribution in [-0.4, -0.2) is 74.8 Å². The second-order valence-corrected chi connectivity index (χ2v) is 7.52. The van der Waals surface area contributed by atoms with E-state index in [0.29, 0.717) is 30.7 Å². The van der Waals surface area contributed by atoms with E-state index in [4.69, 9.17) is 4.74 Å². The number of ether oxygens (including phenoxy) is 1. The van der Waals surface area contributed by atoms with E-state index in [-0.39, 0.29) is 5.91 Å². The molecular formula is C22H26N6O2. The normalized spacial score (nSPS) is 14.9. The molecule has 0 spiro atoms. The highest BCUT2D eigenvalue weighted by atomic mass is 16.5. The lowest BCUT2D eigenvalue weighted by atomic mass is 10.2. The van der Waals surface area contributed by atoms with Gasteiger partial charge >= 0.3 is 0 Å². The van der Waals surface area contributed by atoms with E-state index in [1.807, 2.05) is 35.2 Å². The Morgan fingerprint density at radius 3 is 2.47 bits per heavy atom. The van der Waals surface area contributed by atoms with Crippen molar-refractivity contribution in [3.8, 4) is 23.0 Å². The summed E-state index contributed by atoms with van der Waals surface area (Å²) in [5.41, 5.74) is 2.63. The van der Waals surface area contributed by atoms with Crippen molar-refractivity contribution < 1.29 is 9.53 Å². The minimum absolute atomic E-state index is 0.0594. The summed E-state index contributed by atoms with van der Waals surface area (Å²) in [6, 6.07) is 11.6. The lowest BCUT2D eigenvalue weighted by molar-refractivity contribution is 0.0589. The zero-order valence-corrected chi connectivity index (χ0v) is 17.5. The average Bonchev–Trinajstić information content (AvgIpc) is 3.25. The van der Waals surface area contributed by atoms with Crippen LogP contribution in [0.25, 0.3) is 17.1 Å². The van der Waals surface area contributed by atoms with Crippen molar-refractivity contribution in [2.45, 2.75) is 19.9 Å². The fraction of sp³-hybridized carbons (Fsp3) is 0.364. The minimum Gasteiger partial charge on any atom is -0.481 e. The van der Waals surface area contributed by atoms with E-state index < -0.39 is 0 Å². The van der Waals surface area contributed by atoms with Gasteiger partial charge in [0, 0.05) is 44.5 Å². The van der Waals surface area contributed by atoms with Gasteiger partial charge in [-0.15, -0.1) is 0 Å². The molecule has 0 aromatic carbocycles. The van der Waals surface area contributed by atoms with Gasteiger partial charge in [0.2, 0.25) is 5.88 Å². The smallest absolute Gasteiger partial charge is 0.274 e. The van der Waals surface area contributed by atoms with Crippen LogP contribution in [0.2, 0.25) is 0 Å². The van der Waals surface area contributed by atoms with Crippen LogP contribution in [0, 0.1) is 0 Å². The number of nitrogens with zero attached hydrogens (tertiary/aromatic N) is 6. The van der Waals surface area contributed by atoms with Crippen LogP contribution in [-0.2, 0) is 0 Å². The molecule has 0 atom stereocenters. The number of methoxy groups -OCH3 is 1. The van der Waals surface area contributed by atoms with Crippen LogP contribution in [0.1, 0.15) is 24.3 Å². The van der Waals surface area contributed by atoms with Crippen molar-refractivity contribution >= 4 is 5.91 Å². The number of pyridine rings is 2. The Hall–Kier alpha value is -3.26. The molecule has 1 amide bonds. The van der Waals surface area contributed by atoms with E-state index in [1.54, 1.807) is 30.3 Å². The maximum atomic E-state index is 13.2. The molecule has 0 bridgehead atoms. The second kappa shape index (κ2) is 8.62. The minimum atomic E-state index is -0.0594. The Bertz CT molecular complexity index is 992. The van der Waals surface area contributed by atoms with E-state index in [9.17, 15) is 4.79 Å². The summed E-state index contributed by atoms with van der Waals surface area (Å²) < 4.78 is 6.86. The molecule has 0 radical (unpaired) electrons. The van der Waals surface area contributed by atoms with Gasteiger partial charge in [0.15, 0.2) is 5.69 Å². The van der Waals surface area contributed by atoms with Crippen LogP contribution in [0.5, 0.6) is 5.88 Å². The molecule has 1 aliphatic heterocycles. The van der Waals surface area contributed by atoms with Gasteiger partial charge in [-0.05, 0) is 38.1 Å². The number of hydrogen-bond donors (Lipinski definition) is 0. The van der Waals surface area contributed by atoms with Crippen molar-refractivity contribution in [3.63, 3.8) is 0 Å². The van der Waals surface area contributed by atoms with Gasteiger partial charge in [0.05, 0.1) is 30.4 Å². The molecule has 0 aliphatic carbocycles. The first kappa shape index (κ1) is 20.0. The molecule has 8 nitrogen and oxygen atoms in total. The van der Waals surface area contributed by atoms with Crippen LogP contribution in [0.15, 0.2) is 48.8 Å². The fourth-order valence-electron chi connectivity index (χ4n) is 3.60. The monoisotopic (exact) mass is 406 g/mol. The topological polar surface area (TPSA) is 76.4 Å². The Morgan fingerprint density at radius 2 is 1.87 bits per heavy atom. The Labute approximate surface area is 176 Å². The number of piperazine rings is 1. The van der Waals surface area contributed by atoms with Crippen molar-refractivity contribution in [1.82, 2.24) is 29.5 Å². The van der Waals surface area contributed by atoms with Gasteiger partial charge in [0.1, 0.15) is 0 Å². The third-order valence-electron chi connectivity index (χ3n) is 5.36. The summed E-state index contributed by atoms with van der Waals surface area (Å²) in [5.74, 6) is 0.459. The molecule has 1 aliphatic rings. The van der Waals surface area contributed by atoms with Crippen molar-refractivity contribution in [3.05, 3.63) is 54.5 Å². The standard InChI is InChI=1S/C22H26N6O2/c1-16(2)26-10-12-27(13-11-26)22(29)19-14-20(18-6-4-5-9-23-18)28(25-19)17-7-8-21(30-3)24-15-17/h4-9,14-16H,10-13H2,1-3H3. The molecule has 30 heavy (non-hydrogen) atoms. The van der Waals surface area contributed by atoms with Gasteiger partial charge in [0.25, 0.3) is 5.91 Å². The van der Waals surface area contributed by atoms with Gasteiger partial charge < -0.3 is 9.64 Å². The summed E-state index contributed by atoms with van der Waals surface area (Å²) in [4.78, 5) is 26.2. The zero-order chi connectivity index (χ0) is 21.1. The van der Waals surface area contributed by atoms with Crippen LogP contribution >= 0.6 is 0 Å². The first-order valence-corrected chi connectivity index (χ1v) is 10.1. The average molecular weight is 406 g/mol. The molecule has 3 aromatic heterocycles. The van der Waals surface area contributed by atoms with E-state index in [0.717, 1.165) is 30.2 Å². The predicted molar refractivity (Wildman–Crippen MR) is 114 cm³/mol. The van der Waals surface area contributed by atoms with Crippen LogP contribution < -0.4 is 4.74 Å². The SMILES string of the molecule is COc1ccc(-n2nc(C(=O)N3CCN(C(C)C)CC3)cc2-c2ccccn2)cn1. The maximum Gasteiger partial charge on any atom is 0.274 e. The Kier molecular flexibility index (Phi) is 5.76. The Morgan fingerprint density at radius 1 is 1.07 bits per heavy atom. The molecule has 1 fully saturated rings. The molecule has 3 aromatic rings. The first-order chi connectivity index (χ1) is 14.6. The largest absolute Gasteiger partial charge is 0.481 e. The molecule has 1 saturated heterocycles. The highest BCUT2D eigenvalue weighted by Crippen LogP contribution is 2.24. The molecule has 4 heterocycles. The molecule has 156 valence electrons. The summed E-state index contributed by atoms with van der Waals surface area (Å²) in [5, 5.41) is 4.63. The summed E-state index contributed by atoms with van der Waals surface area (Å²) >= 11 is 0. The maximum absolute atomic E-state index is 13.2. The van der Waals surface area contributed by atoms with Crippen LogP contribution in [0.4, 0.5) is 0 Å². The quantitative estimate of drug-likeness (QED) is 0.648. The van der Waals surface area contributed by atoms with E-state index >= 15 is 0 Å². The zero-order valence-electron chi connectivity index (χ0n) is 17.5. The second-order valence-electron chi connectivity index (χ2n) is 7.52. The number of amides is 1. The molecule has 0 unspecified atom stereocenters. The number of hydrogen-bond acceptors (Lipinski definition) is 6. The molecule has 8 heteroatoms. The number of carbonyl (C=O) groups is 1. The van der Waals surface area contributed by atoms with E-state index in [2.05, 4.69) is 33.8 Å². The summed E-state index contributed by atoms with van der Waals surface area (Å²) in [6.07, 6.45) is 3.40. The lowest BCUT2D eigenvalue weighted by Gasteiger charge is -2.36. The first-order valence-electron chi connectivity index (χ1n) is 10.1. The van der Waals surface area contributed by atoms with Gasteiger partial charge in [-0.2, -0.15) is 5.10 Å². The molecular weight excluding hydrogens is 380 g/mol. The number of rotatable bonds is 5. The highest BCUT2D eigenvalue weighted by Gasteiger charge is 2.26. The number of carbonyl (C=O) groups excluding carboxylic acids is 1. The van der Waals surface area contributed by atoms with Crippen molar-refractivity contribution in [2.75, 3.05) is 33.3 Å². The highest BCUT2D eigenvalue weighted by molar-refractivity contribution is 5.93. The van der Waals surface area contributed by atoms with Gasteiger partial charge in [-0.25, -0.2) is 9.67 Å². The van der Waals surface area contributed by atoms with Crippen molar-refractivity contribution in [2.24, 2.45) is 0 Å². The predicted octanol–water partition coefficient (Wildman–Crippen LogP) is 2.50. The number of aromatic nitrogens is 4. The summed E-state index contributed by atoms with van der Waals surface area (Å²) in [7, 11) is 1.57.